The molecule has 0 saturated carbocycles. The zero-order valence-corrected chi connectivity index (χ0v) is 17.1. The summed E-state index contributed by atoms with van der Waals surface area (Å²) in [5.41, 5.74) is 1.95. The summed E-state index contributed by atoms with van der Waals surface area (Å²) in [6.45, 7) is 10.9. The number of carbonyl (C=O) groups excluding carboxylic acids is 2. The third-order valence-electron chi connectivity index (χ3n) is 5.52. The van der Waals surface area contributed by atoms with Crippen LogP contribution in [0.4, 0.5) is 5.00 Å². The summed E-state index contributed by atoms with van der Waals surface area (Å²) in [5.74, 6) is 0.508. The van der Waals surface area contributed by atoms with Crippen molar-refractivity contribution in [2.75, 3.05) is 12.4 Å². The van der Waals surface area contributed by atoms with E-state index in [0.717, 1.165) is 31.2 Å². The minimum atomic E-state index is -0.342. The van der Waals surface area contributed by atoms with Gasteiger partial charge in [-0.3, -0.25) is 4.79 Å². The van der Waals surface area contributed by atoms with E-state index in [-0.39, 0.29) is 23.2 Å². The van der Waals surface area contributed by atoms with E-state index in [0.29, 0.717) is 22.9 Å². The van der Waals surface area contributed by atoms with Gasteiger partial charge in [0.05, 0.1) is 12.7 Å². The Morgan fingerprint density at radius 2 is 2.04 bits per heavy atom. The third-order valence-corrected chi connectivity index (χ3v) is 6.69. The number of methoxy groups -OCH3 is 1. The van der Waals surface area contributed by atoms with Gasteiger partial charge in [0.2, 0.25) is 5.91 Å². The lowest BCUT2D eigenvalue weighted by atomic mass is 9.69. The number of anilines is 1. The van der Waals surface area contributed by atoms with Gasteiger partial charge in [0, 0.05) is 11.3 Å². The van der Waals surface area contributed by atoms with E-state index in [1.54, 1.807) is 11.3 Å². The van der Waals surface area contributed by atoms with Gasteiger partial charge in [-0.2, -0.15) is 0 Å². The minimum absolute atomic E-state index is 0.0378. The molecular formula is C20H31NO3S. The van der Waals surface area contributed by atoms with Crippen LogP contribution in [0.25, 0.3) is 0 Å². The quantitative estimate of drug-likeness (QED) is 0.717. The number of ether oxygens (including phenoxy) is 1. The van der Waals surface area contributed by atoms with Gasteiger partial charge in [-0.15, -0.1) is 11.3 Å². The minimum Gasteiger partial charge on any atom is -0.465 e. The smallest absolute Gasteiger partial charge is 0.341 e. The van der Waals surface area contributed by atoms with Crippen LogP contribution in [0.3, 0.4) is 0 Å². The highest BCUT2D eigenvalue weighted by molar-refractivity contribution is 7.17. The summed E-state index contributed by atoms with van der Waals surface area (Å²) in [5, 5.41) is 3.62. The first-order valence-electron chi connectivity index (χ1n) is 9.22. The average molecular weight is 366 g/mol. The third kappa shape index (κ3) is 4.43. The number of thiophene rings is 1. The Morgan fingerprint density at radius 3 is 2.60 bits per heavy atom. The second-order valence-electron chi connectivity index (χ2n) is 8.13. The lowest BCUT2D eigenvalue weighted by Gasteiger charge is -2.36. The van der Waals surface area contributed by atoms with E-state index in [9.17, 15) is 9.59 Å². The highest BCUT2D eigenvalue weighted by Gasteiger charge is 2.35. The highest BCUT2D eigenvalue weighted by atomic mass is 32.1. The van der Waals surface area contributed by atoms with Crippen LogP contribution in [0.2, 0.25) is 0 Å². The molecule has 1 atom stereocenters. The molecule has 0 bridgehead atoms. The Kier molecular flexibility index (Phi) is 6.30. The second-order valence-corrected chi connectivity index (χ2v) is 9.23. The molecule has 1 aromatic rings. The number of hydrogen-bond donors (Lipinski definition) is 1. The molecule has 1 aliphatic rings. The zero-order valence-electron chi connectivity index (χ0n) is 16.3. The second kappa shape index (κ2) is 7.90. The number of hydrogen-bond acceptors (Lipinski definition) is 4. The lowest BCUT2D eigenvalue weighted by Crippen LogP contribution is -2.28. The predicted molar refractivity (Wildman–Crippen MR) is 103 cm³/mol. The van der Waals surface area contributed by atoms with Crippen molar-refractivity contribution in [1.82, 2.24) is 0 Å². The van der Waals surface area contributed by atoms with Crippen LogP contribution < -0.4 is 5.32 Å². The van der Waals surface area contributed by atoms with Crippen LogP contribution in [0.1, 0.15) is 74.7 Å². The molecule has 1 amide bonds. The normalized spacial score (nSPS) is 17.3. The maximum Gasteiger partial charge on any atom is 0.341 e. The van der Waals surface area contributed by atoms with Crippen molar-refractivity contribution >= 4 is 28.2 Å². The van der Waals surface area contributed by atoms with Gasteiger partial charge in [0.15, 0.2) is 0 Å². The molecule has 0 radical (unpaired) electrons. The van der Waals surface area contributed by atoms with Gasteiger partial charge >= 0.3 is 5.97 Å². The predicted octanol–water partition coefficient (Wildman–Crippen LogP) is 5.06. The first kappa shape index (κ1) is 20.0. The summed E-state index contributed by atoms with van der Waals surface area (Å²) >= 11 is 1.56. The van der Waals surface area contributed by atoms with E-state index < -0.39 is 0 Å². The molecule has 1 aliphatic carbocycles. The van der Waals surface area contributed by atoms with Crippen LogP contribution in [-0.2, 0) is 22.4 Å². The van der Waals surface area contributed by atoms with Crippen molar-refractivity contribution in [2.45, 2.75) is 66.7 Å². The van der Waals surface area contributed by atoms with Crippen molar-refractivity contribution in [3.05, 3.63) is 16.0 Å². The maximum atomic E-state index is 12.3. The molecule has 140 valence electrons. The fourth-order valence-electron chi connectivity index (χ4n) is 3.50. The van der Waals surface area contributed by atoms with Crippen LogP contribution in [-0.4, -0.2) is 19.0 Å². The SMILES string of the molecule is CCC(C)(C)C1CCc2c(sc(NC(=O)CC(C)C)c2C(=O)OC)C1. The summed E-state index contributed by atoms with van der Waals surface area (Å²) in [7, 11) is 1.40. The topological polar surface area (TPSA) is 55.4 Å². The molecule has 2 rings (SSSR count). The van der Waals surface area contributed by atoms with Crippen molar-refractivity contribution < 1.29 is 14.3 Å². The van der Waals surface area contributed by atoms with Gasteiger partial charge in [0.1, 0.15) is 5.00 Å². The highest BCUT2D eigenvalue weighted by Crippen LogP contribution is 2.45. The molecule has 0 spiro atoms. The van der Waals surface area contributed by atoms with Gasteiger partial charge in [-0.05, 0) is 42.1 Å². The van der Waals surface area contributed by atoms with Crippen LogP contribution in [0.5, 0.6) is 0 Å². The summed E-state index contributed by atoms with van der Waals surface area (Å²) in [6, 6.07) is 0. The molecule has 0 aliphatic heterocycles. The van der Waals surface area contributed by atoms with Gasteiger partial charge in [-0.25, -0.2) is 4.79 Å². The maximum absolute atomic E-state index is 12.3. The standard InChI is InChI=1S/C20H31NO3S/c1-7-20(4,5)13-8-9-14-15(11-13)25-18(17(14)19(23)24-6)21-16(22)10-12(2)3/h12-13H,7-11H2,1-6H3,(H,21,22). The molecule has 0 aromatic carbocycles. The van der Waals surface area contributed by atoms with E-state index >= 15 is 0 Å². The van der Waals surface area contributed by atoms with Crippen LogP contribution in [0.15, 0.2) is 0 Å². The molecule has 1 unspecified atom stereocenters. The summed E-state index contributed by atoms with van der Waals surface area (Å²) in [4.78, 5) is 25.8. The fraction of sp³-hybridized carbons (Fsp3) is 0.700. The first-order valence-corrected chi connectivity index (χ1v) is 10.0. The molecular weight excluding hydrogens is 334 g/mol. The molecule has 1 aromatic heterocycles. The van der Waals surface area contributed by atoms with Crippen LogP contribution >= 0.6 is 11.3 Å². The van der Waals surface area contributed by atoms with Gasteiger partial charge in [-0.1, -0.05) is 41.0 Å². The van der Waals surface area contributed by atoms with E-state index in [1.165, 1.54) is 12.0 Å². The molecule has 0 fully saturated rings. The first-order chi connectivity index (χ1) is 11.7. The number of rotatable bonds is 6. The van der Waals surface area contributed by atoms with Gasteiger partial charge < -0.3 is 10.1 Å². The number of esters is 1. The van der Waals surface area contributed by atoms with Crippen molar-refractivity contribution in [2.24, 2.45) is 17.3 Å². The number of nitrogens with one attached hydrogen (secondary N) is 1. The largest absolute Gasteiger partial charge is 0.465 e. The average Bonchev–Trinajstić information content (AvgIpc) is 2.89. The lowest BCUT2D eigenvalue weighted by molar-refractivity contribution is -0.116. The summed E-state index contributed by atoms with van der Waals surface area (Å²) < 4.78 is 5.00. The Labute approximate surface area is 155 Å². The molecule has 0 saturated heterocycles. The van der Waals surface area contributed by atoms with Gasteiger partial charge in [0.25, 0.3) is 0 Å². The number of fused-ring (bicyclic) bond motifs is 1. The van der Waals surface area contributed by atoms with Crippen molar-refractivity contribution in [3.8, 4) is 0 Å². The van der Waals surface area contributed by atoms with Crippen LogP contribution in [0, 0.1) is 17.3 Å². The zero-order chi connectivity index (χ0) is 18.8. The van der Waals surface area contributed by atoms with Crippen molar-refractivity contribution in [3.63, 3.8) is 0 Å². The van der Waals surface area contributed by atoms with E-state index in [1.807, 2.05) is 13.8 Å². The Balaban J connectivity index is 2.33. The number of carbonyl (C=O) groups is 2. The molecule has 5 heteroatoms. The monoisotopic (exact) mass is 365 g/mol. The molecule has 1 N–H and O–H groups in total. The van der Waals surface area contributed by atoms with E-state index in [2.05, 4.69) is 26.1 Å². The molecule has 4 nitrogen and oxygen atoms in total. The van der Waals surface area contributed by atoms with E-state index in [4.69, 9.17) is 4.74 Å². The summed E-state index contributed by atoms with van der Waals surface area (Å²) in [6.07, 6.45) is 4.53. The molecule has 1 heterocycles. The van der Waals surface area contributed by atoms with Crippen molar-refractivity contribution in [1.29, 1.82) is 0 Å². The Morgan fingerprint density at radius 1 is 1.36 bits per heavy atom. The Bertz CT molecular complexity index is 646. The Hall–Kier alpha value is -1.36. The number of amides is 1. The fourth-order valence-corrected chi connectivity index (χ4v) is 4.83. The molecule has 25 heavy (non-hydrogen) atoms.